The number of aryl methyl sites for hydroxylation is 1. The number of para-hydroxylation sites is 1. The van der Waals surface area contributed by atoms with Crippen LogP contribution in [0.1, 0.15) is 40.3 Å². The average Bonchev–Trinajstić information content (AvgIpc) is 3.08. The van der Waals surface area contributed by atoms with Gasteiger partial charge in [-0.1, -0.05) is 18.2 Å². The molecule has 1 atom stereocenters. The van der Waals surface area contributed by atoms with E-state index < -0.39 is 0 Å². The Balaban J connectivity index is 1.44. The quantitative estimate of drug-likeness (QED) is 0.668. The highest BCUT2D eigenvalue weighted by atomic mass is 16.1. The molecule has 4 rings (SSSR count). The summed E-state index contributed by atoms with van der Waals surface area (Å²) in [6.45, 7) is 8.98. The average molecular weight is 389 g/mol. The van der Waals surface area contributed by atoms with Crippen LogP contribution in [0.3, 0.4) is 0 Å². The first kappa shape index (κ1) is 19.4. The van der Waals surface area contributed by atoms with Gasteiger partial charge in [-0.15, -0.1) is 0 Å². The summed E-state index contributed by atoms with van der Waals surface area (Å²) in [5.74, 6) is 0.264. The van der Waals surface area contributed by atoms with Gasteiger partial charge in [0.05, 0.1) is 6.04 Å². The molecule has 0 unspecified atom stereocenters. The van der Waals surface area contributed by atoms with E-state index in [1.807, 2.05) is 62.4 Å². The number of aromatic nitrogens is 1. The van der Waals surface area contributed by atoms with Crippen molar-refractivity contribution in [2.24, 2.45) is 0 Å². The molecule has 0 bridgehead atoms. The van der Waals surface area contributed by atoms with E-state index in [0.717, 1.165) is 59.6 Å². The molecule has 0 radical (unpaired) electrons. The van der Waals surface area contributed by atoms with Crippen LogP contribution in [-0.2, 0) is 0 Å². The Morgan fingerprint density at radius 3 is 2.28 bits per heavy atom. The van der Waals surface area contributed by atoms with E-state index >= 15 is 0 Å². The molecule has 29 heavy (non-hydrogen) atoms. The lowest BCUT2D eigenvalue weighted by molar-refractivity contribution is 0.0831. The van der Waals surface area contributed by atoms with Crippen LogP contribution in [-0.4, -0.2) is 53.7 Å². The standard InChI is InChI=1S/C24H27N3O2/c1-16-23(21-6-4-5-7-22(21)25-16)24(29)17(2)26-12-14-27(15-13-26)20-10-8-19(9-11-20)18(3)28/h4-11,17,25H,12-15H2,1-3H3/t17-/m0/s1. The molecule has 0 saturated carbocycles. The van der Waals surface area contributed by atoms with Crippen molar-refractivity contribution < 1.29 is 9.59 Å². The van der Waals surface area contributed by atoms with Gasteiger partial charge in [-0.2, -0.15) is 0 Å². The molecule has 150 valence electrons. The maximum Gasteiger partial charge on any atom is 0.182 e. The molecule has 5 nitrogen and oxygen atoms in total. The van der Waals surface area contributed by atoms with Gasteiger partial charge < -0.3 is 9.88 Å². The lowest BCUT2D eigenvalue weighted by Gasteiger charge is -2.38. The molecular weight excluding hydrogens is 362 g/mol. The Morgan fingerprint density at radius 2 is 1.62 bits per heavy atom. The number of piperazine rings is 1. The fourth-order valence-electron chi connectivity index (χ4n) is 4.24. The molecule has 1 aliphatic rings. The molecular formula is C24H27N3O2. The number of H-pyrrole nitrogens is 1. The van der Waals surface area contributed by atoms with Crippen LogP contribution >= 0.6 is 0 Å². The maximum atomic E-state index is 13.3. The van der Waals surface area contributed by atoms with Gasteiger partial charge in [-0.25, -0.2) is 0 Å². The Labute approximate surface area is 171 Å². The Hall–Kier alpha value is -2.92. The number of fused-ring (bicyclic) bond motifs is 1. The van der Waals surface area contributed by atoms with E-state index in [-0.39, 0.29) is 17.6 Å². The third-order valence-corrected chi connectivity index (χ3v) is 6.02. The van der Waals surface area contributed by atoms with Crippen molar-refractivity contribution in [1.29, 1.82) is 0 Å². The Bertz CT molecular complexity index is 1040. The number of hydrogen-bond donors (Lipinski definition) is 1. The van der Waals surface area contributed by atoms with E-state index in [9.17, 15) is 9.59 Å². The topological polar surface area (TPSA) is 56.4 Å². The van der Waals surface area contributed by atoms with Gasteiger partial charge in [0.15, 0.2) is 11.6 Å². The van der Waals surface area contributed by atoms with Crippen LogP contribution in [0.4, 0.5) is 5.69 Å². The van der Waals surface area contributed by atoms with Crippen molar-refractivity contribution in [3.63, 3.8) is 0 Å². The van der Waals surface area contributed by atoms with E-state index in [1.54, 1.807) is 6.92 Å². The third-order valence-electron chi connectivity index (χ3n) is 6.02. The van der Waals surface area contributed by atoms with Crippen LogP contribution in [0, 0.1) is 6.92 Å². The third kappa shape index (κ3) is 3.70. The first-order chi connectivity index (χ1) is 14.0. The molecule has 2 aromatic carbocycles. The SMILES string of the molecule is CC(=O)c1ccc(N2CCN([C@@H](C)C(=O)c3c(C)[nH]c4ccccc34)CC2)cc1. The number of nitrogens with one attached hydrogen (secondary N) is 1. The van der Waals surface area contributed by atoms with Crippen LogP contribution in [0.2, 0.25) is 0 Å². The van der Waals surface area contributed by atoms with Gasteiger partial charge in [0.25, 0.3) is 0 Å². The van der Waals surface area contributed by atoms with Gasteiger partial charge in [-0.3, -0.25) is 14.5 Å². The minimum absolute atomic E-state index is 0.0845. The molecule has 1 aliphatic heterocycles. The number of hydrogen-bond acceptors (Lipinski definition) is 4. The van der Waals surface area contributed by atoms with E-state index in [0.29, 0.717) is 0 Å². The highest BCUT2D eigenvalue weighted by Gasteiger charge is 2.28. The second-order valence-corrected chi connectivity index (χ2v) is 7.84. The fourth-order valence-corrected chi connectivity index (χ4v) is 4.24. The molecule has 1 aromatic heterocycles. The molecule has 0 spiro atoms. The van der Waals surface area contributed by atoms with Crippen LogP contribution in [0.15, 0.2) is 48.5 Å². The number of benzene rings is 2. The zero-order chi connectivity index (χ0) is 20.5. The monoisotopic (exact) mass is 389 g/mol. The van der Waals surface area contributed by atoms with Crippen LogP contribution in [0.5, 0.6) is 0 Å². The molecule has 5 heteroatoms. The number of aromatic amines is 1. The van der Waals surface area contributed by atoms with Gasteiger partial charge in [-0.05, 0) is 51.1 Å². The lowest BCUT2D eigenvalue weighted by atomic mass is 10.0. The second kappa shape index (κ2) is 7.84. The number of rotatable bonds is 5. The molecule has 1 saturated heterocycles. The molecule has 1 N–H and O–H groups in total. The first-order valence-corrected chi connectivity index (χ1v) is 10.2. The Morgan fingerprint density at radius 1 is 0.966 bits per heavy atom. The number of ketones is 2. The van der Waals surface area contributed by atoms with E-state index in [2.05, 4.69) is 14.8 Å². The molecule has 1 fully saturated rings. The van der Waals surface area contributed by atoms with Crippen molar-refractivity contribution >= 4 is 28.2 Å². The largest absolute Gasteiger partial charge is 0.369 e. The fraction of sp³-hybridized carbons (Fsp3) is 0.333. The highest BCUT2D eigenvalue weighted by molar-refractivity contribution is 6.11. The highest BCUT2D eigenvalue weighted by Crippen LogP contribution is 2.25. The zero-order valence-electron chi connectivity index (χ0n) is 17.2. The summed E-state index contributed by atoms with van der Waals surface area (Å²) in [6.07, 6.45) is 0. The predicted octanol–water partition coefficient (Wildman–Crippen LogP) is 4.07. The number of carbonyl (C=O) groups is 2. The second-order valence-electron chi connectivity index (χ2n) is 7.84. The number of nitrogens with zero attached hydrogens (tertiary/aromatic N) is 2. The maximum absolute atomic E-state index is 13.3. The number of Topliss-reactive ketones (excluding diaryl/α,β-unsaturated/α-hetero) is 2. The van der Waals surface area contributed by atoms with E-state index in [4.69, 9.17) is 0 Å². The molecule has 2 heterocycles. The van der Waals surface area contributed by atoms with Crippen LogP contribution < -0.4 is 4.90 Å². The van der Waals surface area contributed by atoms with Crippen molar-refractivity contribution in [2.75, 3.05) is 31.1 Å². The lowest BCUT2D eigenvalue weighted by Crippen LogP contribution is -2.51. The summed E-state index contributed by atoms with van der Waals surface area (Å²) in [7, 11) is 0. The normalized spacial score (nSPS) is 16.2. The number of anilines is 1. The summed E-state index contributed by atoms with van der Waals surface area (Å²) in [5, 5.41) is 1.01. The predicted molar refractivity (Wildman–Crippen MR) is 117 cm³/mol. The summed E-state index contributed by atoms with van der Waals surface area (Å²) in [4.78, 5) is 32.7. The zero-order valence-corrected chi connectivity index (χ0v) is 17.2. The van der Waals surface area contributed by atoms with Crippen LogP contribution in [0.25, 0.3) is 10.9 Å². The van der Waals surface area contributed by atoms with E-state index in [1.165, 1.54) is 0 Å². The smallest absolute Gasteiger partial charge is 0.182 e. The Kier molecular flexibility index (Phi) is 5.24. The van der Waals surface area contributed by atoms with Gasteiger partial charge >= 0.3 is 0 Å². The van der Waals surface area contributed by atoms with Crippen molar-refractivity contribution in [3.05, 3.63) is 65.4 Å². The van der Waals surface area contributed by atoms with Gasteiger partial charge in [0.2, 0.25) is 0 Å². The van der Waals surface area contributed by atoms with Crippen molar-refractivity contribution in [2.45, 2.75) is 26.8 Å². The molecule has 3 aromatic rings. The minimum Gasteiger partial charge on any atom is -0.369 e. The van der Waals surface area contributed by atoms with Gasteiger partial charge in [0, 0.05) is 59.6 Å². The van der Waals surface area contributed by atoms with Crippen molar-refractivity contribution in [1.82, 2.24) is 9.88 Å². The van der Waals surface area contributed by atoms with Crippen molar-refractivity contribution in [3.8, 4) is 0 Å². The number of carbonyl (C=O) groups excluding carboxylic acids is 2. The minimum atomic E-state index is -0.157. The van der Waals surface area contributed by atoms with Gasteiger partial charge in [0.1, 0.15) is 0 Å². The first-order valence-electron chi connectivity index (χ1n) is 10.2. The summed E-state index contributed by atoms with van der Waals surface area (Å²) < 4.78 is 0. The molecule has 0 amide bonds. The summed E-state index contributed by atoms with van der Waals surface area (Å²) >= 11 is 0. The summed E-state index contributed by atoms with van der Waals surface area (Å²) in [6, 6.07) is 15.6. The molecule has 0 aliphatic carbocycles. The summed E-state index contributed by atoms with van der Waals surface area (Å²) in [5.41, 5.74) is 4.63.